The van der Waals surface area contributed by atoms with Gasteiger partial charge in [0.2, 0.25) is 5.91 Å². The van der Waals surface area contributed by atoms with Crippen LogP contribution in [0.3, 0.4) is 0 Å². The predicted molar refractivity (Wildman–Crippen MR) is 74.5 cm³/mol. The number of carbonyl (C=O) groups excluding carboxylic acids is 1. The van der Waals surface area contributed by atoms with Crippen LogP contribution in [0, 0.1) is 0 Å². The lowest BCUT2D eigenvalue weighted by Crippen LogP contribution is -2.30. The summed E-state index contributed by atoms with van der Waals surface area (Å²) in [6, 6.07) is 5.60. The van der Waals surface area contributed by atoms with E-state index in [2.05, 4.69) is 5.32 Å². The largest absolute Gasteiger partial charge is 0.398 e. The van der Waals surface area contributed by atoms with Crippen LogP contribution >= 0.6 is 23.4 Å². The molecule has 94 valence electrons. The molecule has 0 aliphatic carbocycles. The first-order valence-corrected chi connectivity index (χ1v) is 6.83. The molecule has 3 N–H and O–H groups in total. The van der Waals surface area contributed by atoms with Gasteiger partial charge < -0.3 is 11.1 Å². The fourth-order valence-corrected chi connectivity index (χ4v) is 2.60. The molecule has 0 aromatic heterocycles. The van der Waals surface area contributed by atoms with E-state index in [0.29, 0.717) is 22.9 Å². The number of hydrogen-bond donors (Lipinski definition) is 2. The molecule has 0 bridgehead atoms. The number of benzene rings is 1. The van der Waals surface area contributed by atoms with Crippen molar-refractivity contribution in [3.63, 3.8) is 0 Å². The number of nitrogen functional groups attached to an aromatic ring is 1. The van der Waals surface area contributed by atoms with E-state index in [1.165, 1.54) is 11.8 Å². The van der Waals surface area contributed by atoms with Crippen molar-refractivity contribution in [2.24, 2.45) is 0 Å². The third-order valence-corrected chi connectivity index (χ3v) is 3.60. The fourth-order valence-electron chi connectivity index (χ4n) is 1.32. The molecule has 1 aromatic rings. The first kappa shape index (κ1) is 14.2. The number of nitrogens with two attached hydrogens (primary N) is 1. The first-order valence-electron chi connectivity index (χ1n) is 5.47. The molecule has 0 aliphatic rings. The Morgan fingerprint density at radius 2 is 2.24 bits per heavy atom. The minimum Gasteiger partial charge on any atom is -0.398 e. The molecular formula is C12H17ClN2OS. The van der Waals surface area contributed by atoms with E-state index < -0.39 is 0 Å². The maximum Gasteiger partial charge on any atom is 0.221 e. The average Bonchev–Trinajstić information content (AvgIpc) is 2.21. The number of carbonyl (C=O) groups is 1. The maximum absolute atomic E-state index is 11.4. The molecule has 1 aromatic carbocycles. The SMILES string of the molecule is CC(C)NC(=O)CCSc1c(N)cccc1Cl. The van der Waals surface area contributed by atoms with Crippen molar-refractivity contribution >= 4 is 35.0 Å². The van der Waals surface area contributed by atoms with E-state index in [-0.39, 0.29) is 11.9 Å². The van der Waals surface area contributed by atoms with Crippen molar-refractivity contribution in [2.75, 3.05) is 11.5 Å². The molecule has 0 saturated heterocycles. The van der Waals surface area contributed by atoms with Gasteiger partial charge in [-0.25, -0.2) is 0 Å². The molecule has 0 heterocycles. The summed E-state index contributed by atoms with van der Waals surface area (Å²) in [6.07, 6.45) is 0.466. The topological polar surface area (TPSA) is 55.1 Å². The van der Waals surface area contributed by atoms with Crippen LogP contribution in [-0.2, 0) is 4.79 Å². The number of thioether (sulfide) groups is 1. The van der Waals surface area contributed by atoms with E-state index in [1.54, 1.807) is 6.07 Å². The van der Waals surface area contributed by atoms with Crippen molar-refractivity contribution in [2.45, 2.75) is 31.2 Å². The van der Waals surface area contributed by atoms with E-state index >= 15 is 0 Å². The van der Waals surface area contributed by atoms with Crippen molar-refractivity contribution in [3.05, 3.63) is 23.2 Å². The molecule has 1 amide bonds. The summed E-state index contributed by atoms with van der Waals surface area (Å²) in [5.41, 5.74) is 6.47. The Labute approximate surface area is 111 Å². The molecule has 0 unspecified atom stereocenters. The van der Waals surface area contributed by atoms with Gasteiger partial charge in [-0.1, -0.05) is 17.7 Å². The molecule has 17 heavy (non-hydrogen) atoms. The zero-order chi connectivity index (χ0) is 12.8. The summed E-state index contributed by atoms with van der Waals surface area (Å²) < 4.78 is 0. The number of nitrogens with one attached hydrogen (secondary N) is 1. The number of anilines is 1. The second-order valence-corrected chi connectivity index (χ2v) is 5.49. The summed E-state index contributed by atoms with van der Waals surface area (Å²) in [5, 5.41) is 3.48. The Bertz CT molecular complexity index is 376. The zero-order valence-corrected chi connectivity index (χ0v) is 11.6. The normalized spacial score (nSPS) is 10.6. The highest BCUT2D eigenvalue weighted by molar-refractivity contribution is 7.99. The van der Waals surface area contributed by atoms with Crippen molar-refractivity contribution in [1.29, 1.82) is 0 Å². The molecule has 0 atom stereocenters. The van der Waals surface area contributed by atoms with Gasteiger partial charge in [-0.3, -0.25) is 4.79 Å². The van der Waals surface area contributed by atoms with Gasteiger partial charge in [0.15, 0.2) is 0 Å². The second kappa shape index (κ2) is 6.77. The van der Waals surface area contributed by atoms with Crippen molar-refractivity contribution < 1.29 is 4.79 Å². The Hall–Kier alpha value is -0.870. The summed E-state index contributed by atoms with van der Waals surface area (Å²) in [4.78, 5) is 12.3. The Kier molecular flexibility index (Phi) is 5.65. The highest BCUT2D eigenvalue weighted by atomic mass is 35.5. The molecule has 1 rings (SSSR count). The highest BCUT2D eigenvalue weighted by Crippen LogP contribution is 2.32. The van der Waals surface area contributed by atoms with E-state index in [4.69, 9.17) is 17.3 Å². The van der Waals surface area contributed by atoms with Gasteiger partial charge in [0.25, 0.3) is 0 Å². The fraction of sp³-hybridized carbons (Fsp3) is 0.417. The standard InChI is InChI=1S/C12H17ClN2OS/c1-8(2)15-11(16)6-7-17-12-9(13)4-3-5-10(12)14/h3-5,8H,6-7,14H2,1-2H3,(H,15,16). The lowest BCUT2D eigenvalue weighted by Gasteiger charge is -2.09. The Morgan fingerprint density at radius 1 is 1.53 bits per heavy atom. The van der Waals surface area contributed by atoms with Gasteiger partial charge in [-0.15, -0.1) is 11.8 Å². The van der Waals surface area contributed by atoms with Crippen LogP contribution in [0.2, 0.25) is 5.02 Å². The van der Waals surface area contributed by atoms with Crippen LogP contribution < -0.4 is 11.1 Å². The summed E-state index contributed by atoms with van der Waals surface area (Å²) in [5.74, 6) is 0.727. The van der Waals surface area contributed by atoms with Gasteiger partial charge >= 0.3 is 0 Å². The molecule has 0 saturated carbocycles. The monoisotopic (exact) mass is 272 g/mol. The van der Waals surface area contributed by atoms with Crippen LogP contribution in [0.5, 0.6) is 0 Å². The maximum atomic E-state index is 11.4. The van der Waals surface area contributed by atoms with E-state index in [0.717, 1.165) is 4.90 Å². The minimum absolute atomic E-state index is 0.0538. The van der Waals surface area contributed by atoms with Gasteiger partial charge in [-0.2, -0.15) is 0 Å². The van der Waals surface area contributed by atoms with Gasteiger partial charge in [0, 0.05) is 28.8 Å². The number of halogens is 1. The molecule has 0 spiro atoms. The van der Waals surface area contributed by atoms with Crippen molar-refractivity contribution in [1.82, 2.24) is 5.32 Å². The van der Waals surface area contributed by atoms with Gasteiger partial charge in [-0.05, 0) is 26.0 Å². The van der Waals surface area contributed by atoms with E-state index in [1.807, 2.05) is 26.0 Å². The minimum atomic E-state index is 0.0538. The first-order chi connectivity index (χ1) is 8.00. The Balaban J connectivity index is 2.43. The van der Waals surface area contributed by atoms with Crippen LogP contribution in [-0.4, -0.2) is 17.7 Å². The average molecular weight is 273 g/mol. The van der Waals surface area contributed by atoms with E-state index in [9.17, 15) is 4.79 Å². The molecule has 3 nitrogen and oxygen atoms in total. The lowest BCUT2D eigenvalue weighted by molar-refractivity contribution is -0.121. The smallest absolute Gasteiger partial charge is 0.221 e. The highest BCUT2D eigenvalue weighted by Gasteiger charge is 2.07. The molecule has 0 fully saturated rings. The molecule has 0 radical (unpaired) electrons. The second-order valence-electron chi connectivity index (χ2n) is 3.98. The van der Waals surface area contributed by atoms with Gasteiger partial charge in [0.05, 0.1) is 5.02 Å². The van der Waals surface area contributed by atoms with Crippen molar-refractivity contribution in [3.8, 4) is 0 Å². The van der Waals surface area contributed by atoms with Crippen LogP contribution in [0.1, 0.15) is 20.3 Å². The molecule has 5 heteroatoms. The Morgan fingerprint density at radius 3 is 2.82 bits per heavy atom. The summed E-state index contributed by atoms with van der Waals surface area (Å²) in [7, 11) is 0. The third-order valence-electron chi connectivity index (χ3n) is 2.02. The van der Waals surface area contributed by atoms with Crippen LogP contribution in [0.25, 0.3) is 0 Å². The number of amides is 1. The summed E-state index contributed by atoms with van der Waals surface area (Å²) >= 11 is 7.54. The van der Waals surface area contributed by atoms with Crippen LogP contribution in [0.4, 0.5) is 5.69 Å². The lowest BCUT2D eigenvalue weighted by atomic mass is 10.3. The number of hydrogen-bond acceptors (Lipinski definition) is 3. The zero-order valence-electron chi connectivity index (χ0n) is 10.00. The predicted octanol–water partition coefficient (Wildman–Crippen LogP) is 2.93. The molecular weight excluding hydrogens is 256 g/mol. The van der Waals surface area contributed by atoms with Gasteiger partial charge in [0.1, 0.15) is 0 Å². The van der Waals surface area contributed by atoms with Crippen LogP contribution in [0.15, 0.2) is 23.1 Å². The number of rotatable bonds is 5. The quantitative estimate of drug-likeness (QED) is 0.640. The summed E-state index contributed by atoms with van der Waals surface area (Å²) in [6.45, 7) is 3.88. The third kappa shape index (κ3) is 4.88. The molecule has 0 aliphatic heterocycles.